The Morgan fingerprint density at radius 2 is 1.96 bits per heavy atom. The summed E-state index contributed by atoms with van der Waals surface area (Å²) in [6, 6.07) is 5.18. The smallest absolute Gasteiger partial charge is 0.242 e. The average Bonchev–Trinajstić information content (AvgIpc) is 3.14. The van der Waals surface area contributed by atoms with Crippen molar-refractivity contribution < 1.29 is 14.3 Å². The molecular weight excluding hydrogens is 356 g/mol. The number of nitrogens with zero attached hydrogens (tertiary/aromatic N) is 3. The number of likely N-dealkylation sites (N-methyl/N-ethyl adjacent to an activating group) is 1. The van der Waals surface area contributed by atoms with E-state index >= 15 is 0 Å². The van der Waals surface area contributed by atoms with Gasteiger partial charge in [0.1, 0.15) is 11.9 Å². The maximum atomic E-state index is 13.0. The summed E-state index contributed by atoms with van der Waals surface area (Å²) in [7, 11) is 3.77. The second kappa shape index (κ2) is 7.75. The van der Waals surface area contributed by atoms with Crippen LogP contribution in [0.5, 0.6) is 11.5 Å². The fraction of sp³-hybridized carbons (Fsp3) is 0.476. The second-order valence-corrected chi connectivity index (χ2v) is 7.55. The predicted molar refractivity (Wildman–Crippen MR) is 104 cm³/mol. The summed E-state index contributed by atoms with van der Waals surface area (Å²) < 4.78 is 10.8. The van der Waals surface area contributed by atoms with E-state index in [4.69, 9.17) is 14.5 Å². The molecule has 0 saturated heterocycles. The van der Waals surface area contributed by atoms with Gasteiger partial charge >= 0.3 is 0 Å². The molecule has 1 atom stereocenters. The van der Waals surface area contributed by atoms with Crippen molar-refractivity contribution in [3.05, 3.63) is 46.5 Å². The van der Waals surface area contributed by atoms with E-state index in [9.17, 15) is 4.79 Å². The van der Waals surface area contributed by atoms with E-state index in [1.807, 2.05) is 44.1 Å². The molecule has 28 heavy (non-hydrogen) atoms. The fourth-order valence-corrected chi connectivity index (χ4v) is 3.95. The van der Waals surface area contributed by atoms with Crippen molar-refractivity contribution in [3.8, 4) is 11.5 Å². The van der Waals surface area contributed by atoms with Gasteiger partial charge in [0.05, 0.1) is 6.54 Å². The first-order chi connectivity index (χ1) is 13.5. The van der Waals surface area contributed by atoms with E-state index in [-0.39, 0.29) is 12.7 Å². The molecule has 7 nitrogen and oxygen atoms in total. The Bertz CT molecular complexity index is 897. The summed E-state index contributed by atoms with van der Waals surface area (Å²) in [5.41, 5.74) is 4.32. The topological polar surface area (TPSA) is 76.6 Å². The molecule has 1 N–H and O–H groups in total. The molecule has 1 aliphatic carbocycles. The normalized spacial score (nSPS) is 16.0. The van der Waals surface area contributed by atoms with Crippen molar-refractivity contribution in [2.75, 3.05) is 20.9 Å². The molecule has 0 fully saturated rings. The number of amides is 1. The summed E-state index contributed by atoms with van der Waals surface area (Å²) in [4.78, 5) is 24.1. The summed E-state index contributed by atoms with van der Waals surface area (Å²) in [5.74, 6) is 1.96. The van der Waals surface area contributed by atoms with Gasteiger partial charge in [0, 0.05) is 11.4 Å². The largest absolute Gasteiger partial charge is 0.454 e. The molecule has 0 bridgehead atoms. The number of ether oxygens (including phenoxy) is 2. The van der Waals surface area contributed by atoms with Crippen LogP contribution in [0.15, 0.2) is 18.2 Å². The van der Waals surface area contributed by atoms with Crippen LogP contribution in [0, 0.1) is 6.92 Å². The van der Waals surface area contributed by atoms with E-state index in [1.165, 1.54) is 18.4 Å². The third-order valence-electron chi connectivity index (χ3n) is 5.33. The van der Waals surface area contributed by atoms with E-state index in [0.29, 0.717) is 23.9 Å². The van der Waals surface area contributed by atoms with Gasteiger partial charge in [-0.2, -0.15) is 0 Å². The first-order valence-corrected chi connectivity index (χ1v) is 9.72. The van der Waals surface area contributed by atoms with E-state index in [2.05, 4.69) is 10.3 Å². The van der Waals surface area contributed by atoms with Crippen molar-refractivity contribution in [1.29, 1.82) is 0 Å². The molecular formula is C21H26N4O3. The van der Waals surface area contributed by atoms with Crippen LogP contribution in [0.3, 0.4) is 0 Å². The van der Waals surface area contributed by atoms with E-state index < -0.39 is 6.04 Å². The Morgan fingerprint density at radius 1 is 1.18 bits per heavy atom. The zero-order valence-corrected chi connectivity index (χ0v) is 16.6. The van der Waals surface area contributed by atoms with Gasteiger partial charge < -0.3 is 14.8 Å². The third kappa shape index (κ3) is 3.67. The molecule has 0 spiro atoms. The Balaban J connectivity index is 1.49. The molecule has 2 aliphatic rings. The molecule has 2 heterocycles. The van der Waals surface area contributed by atoms with Crippen molar-refractivity contribution in [3.63, 3.8) is 0 Å². The van der Waals surface area contributed by atoms with Gasteiger partial charge in [0.15, 0.2) is 11.5 Å². The number of rotatable bonds is 5. The lowest BCUT2D eigenvalue weighted by molar-refractivity contribution is -0.126. The van der Waals surface area contributed by atoms with Gasteiger partial charge in [-0.05, 0) is 70.0 Å². The maximum absolute atomic E-state index is 13.0. The number of carbonyl (C=O) groups is 1. The Hall–Kier alpha value is -2.67. The number of aromatic nitrogens is 2. The van der Waals surface area contributed by atoms with Crippen LogP contribution in [-0.2, 0) is 24.2 Å². The highest BCUT2D eigenvalue weighted by Crippen LogP contribution is 2.35. The second-order valence-electron chi connectivity index (χ2n) is 7.55. The quantitative estimate of drug-likeness (QED) is 0.855. The molecule has 1 unspecified atom stereocenters. The van der Waals surface area contributed by atoms with Crippen LogP contribution < -0.4 is 14.8 Å². The summed E-state index contributed by atoms with van der Waals surface area (Å²) in [5, 5.41) is 3.00. The molecule has 1 amide bonds. The van der Waals surface area contributed by atoms with Crippen LogP contribution in [0.1, 0.15) is 47.2 Å². The number of aryl methyl sites for hydroxylation is 2. The highest BCUT2D eigenvalue weighted by atomic mass is 16.7. The highest BCUT2D eigenvalue weighted by molar-refractivity contribution is 5.83. The van der Waals surface area contributed by atoms with Crippen LogP contribution in [-0.4, -0.2) is 41.7 Å². The van der Waals surface area contributed by atoms with Crippen LogP contribution >= 0.6 is 0 Å². The monoisotopic (exact) mass is 382 g/mol. The molecule has 1 aromatic carbocycles. The average molecular weight is 382 g/mol. The number of hydrogen-bond donors (Lipinski definition) is 1. The molecule has 7 heteroatoms. The maximum Gasteiger partial charge on any atom is 0.242 e. The lowest BCUT2D eigenvalue weighted by Gasteiger charge is -2.24. The molecule has 2 aromatic rings. The van der Waals surface area contributed by atoms with Gasteiger partial charge in [-0.15, -0.1) is 0 Å². The molecule has 1 aliphatic heterocycles. The summed E-state index contributed by atoms with van der Waals surface area (Å²) >= 11 is 0. The standard InChI is InChI=1S/C21H26N4O3/c1-13-15-6-4-5-7-16(15)24-19(23-13)11-22-21(26)20(25(2)3)14-8-9-17-18(10-14)28-12-27-17/h8-10,20H,4-7,11-12H2,1-3H3,(H,22,26). The highest BCUT2D eigenvalue weighted by Gasteiger charge is 2.26. The van der Waals surface area contributed by atoms with Gasteiger partial charge in [-0.1, -0.05) is 6.07 Å². The van der Waals surface area contributed by atoms with Crippen molar-refractivity contribution in [1.82, 2.24) is 20.2 Å². The number of benzene rings is 1. The van der Waals surface area contributed by atoms with E-state index in [0.717, 1.165) is 29.8 Å². The number of fused-ring (bicyclic) bond motifs is 2. The van der Waals surface area contributed by atoms with Gasteiger partial charge in [-0.3, -0.25) is 9.69 Å². The summed E-state index contributed by atoms with van der Waals surface area (Å²) in [6.45, 7) is 2.57. The zero-order valence-electron chi connectivity index (χ0n) is 16.6. The minimum absolute atomic E-state index is 0.0946. The van der Waals surface area contributed by atoms with Crippen LogP contribution in [0.25, 0.3) is 0 Å². The number of carbonyl (C=O) groups excluding carboxylic acids is 1. The number of nitrogens with one attached hydrogen (secondary N) is 1. The van der Waals surface area contributed by atoms with E-state index in [1.54, 1.807) is 0 Å². The van der Waals surface area contributed by atoms with Crippen LogP contribution in [0.4, 0.5) is 0 Å². The first kappa shape index (κ1) is 18.7. The SMILES string of the molecule is Cc1nc(CNC(=O)C(c2ccc3c(c2)OCO3)N(C)C)nc2c1CCCC2. The van der Waals surface area contributed by atoms with Crippen molar-refractivity contribution >= 4 is 5.91 Å². The lowest BCUT2D eigenvalue weighted by atomic mass is 9.95. The van der Waals surface area contributed by atoms with Crippen molar-refractivity contribution in [2.45, 2.75) is 45.2 Å². The molecule has 148 valence electrons. The van der Waals surface area contributed by atoms with Gasteiger partial charge in [0.25, 0.3) is 0 Å². The number of hydrogen-bond acceptors (Lipinski definition) is 6. The van der Waals surface area contributed by atoms with Crippen LogP contribution in [0.2, 0.25) is 0 Å². The Kier molecular flexibility index (Phi) is 5.17. The predicted octanol–water partition coefficient (Wildman–Crippen LogP) is 2.31. The first-order valence-electron chi connectivity index (χ1n) is 9.72. The zero-order chi connectivity index (χ0) is 19.7. The molecule has 0 saturated carbocycles. The van der Waals surface area contributed by atoms with Gasteiger partial charge in [0.2, 0.25) is 12.7 Å². The Morgan fingerprint density at radius 3 is 2.79 bits per heavy atom. The Labute approximate surface area is 165 Å². The minimum Gasteiger partial charge on any atom is -0.454 e. The van der Waals surface area contributed by atoms with Crippen molar-refractivity contribution in [2.24, 2.45) is 0 Å². The lowest BCUT2D eigenvalue weighted by Crippen LogP contribution is -2.37. The minimum atomic E-state index is -0.437. The molecule has 0 radical (unpaired) electrons. The fourth-order valence-electron chi connectivity index (χ4n) is 3.95. The summed E-state index contributed by atoms with van der Waals surface area (Å²) in [6.07, 6.45) is 4.42. The third-order valence-corrected chi connectivity index (χ3v) is 5.33. The van der Waals surface area contributed by atoms with Gasteiger partial charge in [-0.25, -0.2) is 9.97 Å². The molecule has 1 aromatic heterocycles. The molecule has 4 rings (SSSR count).